The average Bonchev–Trinajstić information content (AvgIpc) is 2.56. The van der Waals surface area contributed by atoms with E-state index in [2.05, 4.69) is 5.32 Å². The maximum Gasteiger partial charge on any atom is 0.306 e. The average molecular weight is 321 g/mol. The molecule has 1 amide bonds. The van der Waals surface area contributed by atoms with Gasteiger partial charge in [-0.2, -0.15) is 0 Å². The van der Waals surface area contributed by atoms with Crippen LogP contribution in [-0.4, -0.2) is 23.6 Å². The van der Waals surface area contributed by atoms with Crippen molar-refractivity contribution in [3.63, 3.8) is 0 Å². The number of halogens is 1. The standard InChI is InChI=1S/C17H20FNO4/c18-13-3-1-2-12-14(8-9-23-15(12)13)19-16(20)10-4-6-11(7-5-10)17(21)22/h1-3,10-11,14H,4-9H2,(H,19,20)(H,21,22)/t10?,11?,14-/m1/s1. The van der Waals surface area contributed by atoms with Crippen molar-refractivity contribution in [3.8, 4) is 5.75 Å². The van der Waals surface area contributed by atoms with Crippen LogP contribution in [0.2, 0.25) is 0 Å². The minimum absolute atomic E-state index is 0.0732. The number of carbonyl (C=O) groups is 2. The van der Waals surface area contributed by atoms with E-state index in [1.165, 1.54) is 6.07 Å². The predicted octanol–water partition coefficient (Wildman–Crippen LogP) is 2.66. The molecule has 0 radical (unpaired) electrons. The van der Waals surface area contributed by atoms with Crippen molar-refractivity contribution in [2.45, 2.75) is 38.1 Å². The number of benzene rings is 1. The minimum atomic E-state index is -0.780. The molecule has 0 unspecified atom stereocenters. The molecule has 0 spiro atoms. The second kappa shape index (κ2) is 6.56. The summed E-state index contributed by atoms with van der Waals surface area (Å²) in [4.78, 5) is 23.4. The number of carboxylic acid groups (broad SMARTS) is 1. The summed E-state index contributed by atoms with van der Waals surface area (Å²) in [6, 6.07) is 4.47. The van der Waals surface area contributed by atoms with Gasteiger partial charge in [0.05, 0.1) is 18.6 Å². The Bertz CT molecular complexity index is 611. The van der Waals surface area contributed by atoms with Crippen LogP contribution in [0.1, 0.15) is 43.7 Å². The van der Waals surface area contributed by atoms with Crippen LogP contribution in [0.25, 0.3) is 0 Å². The molecule has 6 heteroatoms. The Morgan fingerprint density at radius 1 is 1.13 bits per heavy atom. The highest BCUT2D eigenvalue weighted by molar-refractivity contribution is 5.80. The number of fused-ring (bicyclic) bond motifs is 1. The third-order valence-electron chi connectivity index (χ3n) is 4.79. The molecule has 1 aliphatic heterocycles. The maximum absolute atomic E-state index is 13.8. The van der Waals surface area contributed by atoms with Crippen molar-refractivity contribution >= 4 is 11.9 Å². The van der Waals surface area contributed by atoms with Crippen LogP contribution in [0.4, 0.5) is 4.39 Å². The molecular weight excluding hydrogens is 301 g/mol. The summed E-state index contributed by atoms with van der Waals surface area (Å²) >= 11 is 0. The van der Waals surface area contributed by atoms with Crippen molar-refractivity contribution in [2.24, 2.45) is 11.8 Å². The summed E-state index contributed by atoms with van der Waals surface area (Å²) in [5, 5.41) is 12.0. The molecule has 1 aromatic carbocycles. The largest absolute Gasteiger partial charge is 0.490 e. The smallest absolute Gasteiger partial charge is 0.306 e. The van der Waals surface area contributed by atoms with E-state index >= 15 is 0 Å². The van der Waals surface area contributed by atoms with Gasteiger partial charge in [-0.15, -0.1) is 0 Å². The van der Waals surface area contributed by atoms with E-state index < -0.39 is 11.8 Å². The lowest BCUT2D eigenvalue weighted by Crippen LogP contribution is -2.38. The van der Waals surface area contributed by atoms with E-state index in [4.69, 9.17) is 9.84 Å². The maximum atomic E-state index is 13.8. The molecule has 0 bridgehead atoms. The molecule has 1 aliphatic carbocycles. The van der Waals surface area contributed by atoms with E-state index in [0.29, 0.717) is 44.3 Å². The van der Waals surface area contributed by atoms with Gasteiger partial charge in [0.1, 0.15) is 0 Å². The minimum Gasteiger partial charge on any atom is -0.490 e. The van der Waals surface area contributed by atoms with Gasteiger partial charge < -0.3 is 15.2 Å². The molecule has 1 saturated carbocycles. The number of rotatable bonds is 3. The molecule has 1 fully saturated rings. The molecule has 3 rings (SSSR count). The summed E-state index contributed by atoms with van der Waals surface area (Å²) in [5.74, 6) is -1.54. The van der Waals surface area contributed by atoms with Crippen molar-refractivity contribution in [3.05, 3.63) is 29.6 Å². The van der Waals surface area contributed by atoms with Crippen LogP contribution in [-0.2, 0) is 9.59 Å². The van der Waals surface area contributed by atoms with E-state index in [9.17, 15) is 14.0 Å². The number of para-hydroxylation sites is 1. The molecule has 1 aromatic rings. The van der Waals surface area contributed by atoms with E-state index in [-0.39, 0.29) is 29.5 Å². The second-order valence-corrected chi connectivity index (χ2v) is 6.24. The third kappa shape index (κ3) is 3.30. The lowest BCUT2D eigenvalue weighted by molar-refractivity contribution is -0.144. The van der Waals surface area contributed by atoms with Crippen molar-refractivity contribution < 1.29 is 23.8 Å². The van der Waals surface area contributed by atoms with Gasteiger partial charge in [-0.05, 0) is 31.7 Å². The highest BCUT2D eigenvalue weighted by Gasteiger charge is 2.32. The Morgan fingerprint density at radius 2 is 1.83 bits per heavy atom. The van der Waals surface area contributed by atoms with E-state index in [1.807, 2.05) is 0 Å². The third-order valence-corrected chi connectivity index (χ3v) is 4.79. The number of carbonyl (C=O) groups excluding carboxylic acids is 1. The quantitative estimate of drug-likeness (QED) is 0.897. The van der Waals surface area contributed by atoms with Gasteiger partial charge in [0.15, 0.2) is 11.6 Å². The number of amides is 1. The number of ether oxygens (including phenoxy) is 1. The molecule has 124 valence electrons. The topological polar surface area (TPSA) is 75.6 Å². The Hall–Kier alpha value is -2.11. The first-order valence-corrected chi connectivity index (χ1v) is 8.00. The van der Waals surface area contributed by atoms with Crippen LogP contribution >= 0.6 is 0 Å². The van der Waals surface area contributed by atoms with Gasteiger partial charge in [-0.3, -0.25) is 9.59 Å². The molecule has 0 saturated heterocycles. The van der Waals surface area contributed by atoms with Gasteiger partial charge in [0, 0.05) is 17.9 Å². The Morgan fingerprint density at radius 3 is 2.52 bits per heavy atom. The number of hydrogen-bond donors (Lipinski definition) is 2. The molecular formula is C17H20FNO4. The monoisotopic (exact) mass is 321 g/mol. The second-order valence-electron chi connectivity index (χ2n) is 6.24. The molecule has 1 atom stereocenters. The van der Waals surface area contributed by atoms with Gasteiger partial charge in [0.2, 0.25) is 5.91 Å². The van der Waals surface area contributed by atoms with Crippen LogP contribution in [0.15, 0.2) is 18.2 Å². The fraction of sp³-hybridized carbons (Fsp3) is 0.529. The lowest BCUT2D eigenvalue weighted by atomic mass is 9.81. The zero-order chi connectivity index (χ0) is 16.4. The van der Waals surface area contributed by atoms with Crippen LogP contribution in [0.3, 0.4) is 0 Å². The van der Waals surface area contributed by atoms with Gasteiger partial charge in [-0.1, -0.05) is 12.1 Å². The summed E-state index contributed by atoms with van der Waals surface area (Å²) in [7, 11) is 0. The highest BCUT2D eigenvalue weighted by atomic mass is 19.1. The van der Waals surface area contributed by atoms with Crippen LogP contribution in [0, 0.1) is 17.7 Å². The van der Waals surface area contributed by atoms with Gasteiger partial charge >= 0.3 is 5.97 Å². The summed E-state index contributed by atoms with van der Waals surface area (Å²) < 4.78 is 19.1. The fourth-order valence-electron chi connectivity index (χ4n) is 3.43. The lowest BCUT2D eigenvalue weighted by Gasteiger charge is -2.30. The van der Waals surface area contributed by atoms with E-state index in [1.54, 1.807) is 12.1 Å². The van der Waals surface area contributed by atoms with Gasteiger partial charge in [-0.25, -0.2) is 4.39 Å². The molecule has 5 nitrogen and oxygen atoms in total. The Balaban J connectivity index is 1.64. The zero-order valence-corrected chi connectivity index (χ0v) is 12.8. The zero-order valence-electron chi connectivity index (χ0n) is 12.8. The van der Waals surface area contributed by atoms with Gasteiger partial charge in [0.25, 0.3) is 0 Å². The summed E-state index contributed by atoms with van der Waals surface area (Å²) in [6.07, 6.45) is 2.84. The number of carboxylic acids is 1. The first-order chi connectivity index (χ1) is 11.1. The van der Waals surface area contributed by atoms with E-state index in [0.717, 1.165) is 0 Å². The first kappa shape index (κ1) is 15.8. The summed E-state index contributed by atoms with van der Waals surface area (Å²) in [5.41, 5.74) is 0.670. The Kier molecular flexibility index (Phi) is 4.50. The summed E-state index contributed by atoms with van der Waals surface area (Å²) in [6.45, 7) is 0.366. The number of aliphatic carboxylic acids is 1. The van der Waals surface area contributed by atoms with Crippen molar-refractivity contribution in [1.29, 1.82) is 0 Å². The normalized spacial score (nSPS) is 26.7. The van der Waals surface area contributed by atoms with Crippen LogP contribution in [0.5, 0.6) is 5.75 Å². The molecule has 23 heavy (non-hydrogen) atoms. The molecule has 1 heterocycles. The van der Waals surface area contributed by atoms with Crippen molar-refractivity contribution in [1.82, 2.24) is 5.32 Å². The molecule has 2 aliphatic rings. The number of nitrogens with one attached hydrogen (secondary N) is 1. The SMILES string of the molecule is O=C(O)C1CCC(C(=O)N[C@@H]2CCOc3c(F)cccc32)CC1. The molecule has 0 aromatic heterocycles. The number of hydrogen-bond acceptors (Lipinski definition) is 3. The van der Waals surface area contributed by atoms with Crippen LogP contribution < -0.4 is 10.1 Å². The first-order valence-electron chi connectivity index (χ1n) is 8.00. The Labute approximate surface area is 133 Å². The van der Waals surface area contributed by atoms with Crippen molar-refractivity contribution in [2.75, 3.05) is 6.61 Å². The highest BCUT2D eigenvalue weighted by Crippen LogP contribution is 2.35. The molecule has 2 N–H and O–H groups in total. The fourth-order valence-corrected chi connectivity index (χ4v) is 3.43. The predicted molar refractivity (Wildman–Crippen MR) is 80.5 cm³/mol.